The number of nitrogens with zero attached hydrogens (tertiary/aromatic N) is 1. The number of allylic oxidation sites excluding steroid dienone is 1. The van der Waals surface area contributed by atoms with Gasteiger partial charge in [-0.3, -0.25) is 0 Å². The van der Waals surface area contributed by atoms with E-state index in [0.717, 1.165) is 0 Å². The highest BCUT2D eigenvalue weighted by atomic mass is 79.9. The molecule has 0 spiro atoms. The van der Waals surface area contributed by atoms with Gasteiger partial charge in [0.05, 0.1) is 16.7 Å². The first kappa shape index (κ1) is 11.6. The number of hydrogen-bond donors (Lipinski definition) is 1. The number of halogens is 3. The highest BCUT2D eigenvalue weighted by Gasteiger charge is 2.09. The number of carbonyl (C=O) groups is 1. The number of hydrogen-bond acceptors (Lipinski definition) is 1. The zero-order valence-corrected chi connectivity index (χ0v) is 9.97. The summed E-state index contributed by atoms with van der Waals surface area (Å²) in [5.74, 6) is -0.976. The molecular weight excluding hydrogens is 293 g/mol. The zero-order valence-electron chi connectivity index (χ0n) is 6.88. The monoisotopic (exact) mass is 297 g/mol. The van der Waals surface area contributed by atoms with Crippen LogP contribution in [-0.2, 0) is 6.54 Å². The smallest absolute Gasteiger partial charge is 0.337 e. The Morgan fingerprint density at radius 3 is 2.79 bits per heavy atom. The van der Waals surface area contributed by atoms with Crippen LogP contribution < -0.4 is 0 Å². The molecule has 76 valence electrons. The van der Waals surface area contributed by atoms with Crippen molar-refractivity contribution < 1.29 is 9.90 Å². The lowest BCUT2D eigenvalue weighted by molar-refractivity contribution is 0.0697. The largest absolute Gasteiger partial charge is 0.478 e. The molecule has 1 heterocycles. The van der Waals surface area contributed by atoms with Crippen LogP contribution in [0.4, 0.5) is 0 Å². The van der Waals surface area contributed by atoms with Gasteiger partial charge in [0, 0.05) is 16.8 Å². The summed E-state index contributed by atoms with van der Waals surface area (Å²) in [5, 5.41) is 9.14. The normalized spacial score (nSPS) is 11.8. The quantitative estimate of drug-likeness (QED) is 0.930. The van der Waals surface area contributed by atoms with Crippen molar-refractivity contribution in [1.82, 2.24) is 4.57 Å². The molecule has 0 aliphatic carbocycles. The van der Waals surface area contributed by atoms with Crippen molar-refractivity contribution in [2.45, 2.75) is 6.54 Å². The molecule has 0 atom stereocenters. The van der Waals surface area contributed by atoms with E-state index in [1.165, 1.54) is 17.8 Å². The van der Waals surface area contributed by atoms with Crippen LogP contribution in [0.25, 0.3) is 0 Å². The molecule has 0 aromatic carbocycles. The van der Waals surface area contributed by atoms with Crippen molar-refractivity contribution in [1.29, 1.82) is 0 Å². The van der Waals surface area contributed by atoms with Crippen LogP contribution in [0.1, 0.15) is 10.4 Å². The molecule has 0 bridgehead atoms. The molecule has 1 aromatic heterocycles. The average molecular weight is 299 g/mol. The molecule has 0 radical (unpaired) electrons. The van der Waals surface area contributed by atoms with Gasteiger partial charge in [-0.1, -0.05) is 23.2 Å². The number of rotatable bonds is 3. The highest BCUT2D eigenvalue weighted by Crippen LogP contribution is 2.18. The predicted octanol–water partition coefficient (Wildman–Crippen LogP) is 3.27. The van der Waals surface area contributed by atoms with Crippen LogP contribution in [0.2, 0.25) is 0 Å². The molecule has 1 N–H and O–H groups in total. The summed E-state index contributed by atoms with van der Waals surface area (Å²) in [4.78, 5) is 10.6. The molecule has 1 rings (SSSR count). The third-order valence-electron chi connectivity index (χ3n) is 1.53. The van der Waals surface area contributed by atoms with Crippen molar-refractivity contribution in [3.8, 4) is 0 Å². The fourth-order valence-corrected chi connectivity index (χ4v) is 1.59. The fourth-order valence-electron chi connectivity index (χ4n) is 0.913. The molecule has 6 heteroatoms. The number of aromatic nitrogens is 1. The van der Waals surface area contributed by atoms with Gasteiger partial charge in [-0.15, -0.1) is 0 Å². The maximum atomic E-state index is 10.6. The van der Waals surface area contributed by atoms with E-state index >= 15 is 0 Å². The summed E-state index contributed by atoms with van der Waals surface area (Å²) in [6, 6.07) is 1.50. The van der Waals surface area contributed by atoms with Gasteiger partial charge in [-0.25, -0.2) is 4.79 Å². The van der Waals surface area contributed by atoms with E-state index in [-0.39, 0.29) is 5.56 Å². The Bertz CT molecular complexity index is 387. The standard InChI is InChI=1S/C8H6BrCl2NO2/c9-7-1-5(8(13)14)3-12(7)4-6(11)2-10/h1-3H,4H2,(H,13,14). The second kappa shape index (κ2) is 4.87. The molecule has 1 aromatic rings. The summed E-state index contributed by atoms with van der Waals surface area (Å²) in [5.41, 5.74) is 1.45. The van der Waals surface area contributed by atoms with Crippen LogP contribution >= 0.6 is 39.1 Å². The SMILES string of the molecule is O=C(O)c1cc(Br)n(CC(Cl)=CCl)c1. The number of carboxylic acid groups (broad SMARTS) is 1. The third-order valence-corrected chi connectivity index (χ3v) is 2.82. The van der Waals surface area contributed by atoms with E-state index in [0.29, 0.717) is 16.2 Å². The zero-order chi connectivity index (χ0) is 10.7. The molecule has 14 heavy (non-hydrogen) atoms. The molecular formula is C8H6BrCl2NO2. The van der Waals surface area contributed by atoms with Gasteiger partial charge < -0.3 is 9.67 Å². The Morgan fingerprint density at radius 2 is 2.36 bits per heavy atom. The molecule has 0 aliphatic rings. The first-order chi connectivity index (χ1) is 6.54. The molecule has 0 amide bonds. The maximum Gasteiger partial charge on any atom is 0.337 e. The fraction of sp³-hybridized carbons (Fsp3) is 0.125. The van der Waals surface area contributed by atoms with Crippen LogP contribution in [-0.4, -0.2) is 15.6 Å². The van der Waals surface area contributed by atoms with Gasteiger partial charge in [0.1, 0.15) is 0 Å². The van der Waals surface area contributed by atoms with E-state index in [4.69, 9.17) is 28.3 Å². The predicted molar refractivity (Wildman–Crippen MR) is 58.9 cm³/mol. The maximum absolute atomic E-state index is 10.6. The van der Waals surface area contributed by atoms with Crippen LogP contribution in [0.15, 0.2) is 27.4 Å². The molecule has 0 saturated carbocycles. The summed E-state index contributed by atoms with van der Waals surface area (Å²) >= 11 is 14.3. The first-order valence-corrected chi connectivity index (χ1v) is 5.19. The lowest BCUT2D eigenvalue weighted by Crippen LogP contribution is -1.97. The van der Waals surface area contributed by atoms with Crippen molar-refractivity contribution >= 4 is 45.1 Å². The van der Waals surface area contributed by atoms with Crippen LogP contribution in [0.5, 0.6) is 0 Å². The van der Waals surface area contributed by atoms with Gasteiger partial charge in [-0.2, -0.15) is 0 Å². The first-order valence-electron chi connectivity index (χ1n) is 3.58. The third kappa shape index (κ3) is 2.77. The minimum absolute atomic E-state index is 0.205. The van der Waals surface area contributed by atoms with Crippen molar-refractivity contribution in [3.63, 3.8) is 0 Å². The Labute approximate surface area is 99.1 Å². The minimum atomic E-state index is -0.976. The Balaban J connectivity index is 2.93. The summed E-state index contributed by atoms with van der Waals surface area (Å²) < 4.78 is 2.29. The summed E-state index contributed by atoms with van der Waals surface area (Å²) in [6.45, 7) is 0.346. The van der Waals surface area contributed by atoms with E-state index < -0.39 is 5.97 Å². The van der Waals surface area contributed by atoms with Gasteiger partial charge in [0.2, 0.25) is 0 Å². The molecule has 3 nitrogen and oxygen atoms in total. The summed E-state index contributed by atoms with van der Waals surface area (Å²) in [7, 11) is 0. The van der Waals surface area contributed by atoms with Crippen LogP contribution in [0, 0.1) is 0 Å². The lowest BCUT2D eigenvalue weighted by atomic mass is 10.4. The number of carboxylic acids is 1. The van der Waals surface area contributed by atoms with E-state index in [1.807, 2.05) is 0 Å². The van der Waals surface area contributed by atoms with Crippen molar-refractivity contribution in [2.24, 2.45) is 0 Å². The molecule has 0 aliphatic heterocycles. The van der Waals surface area contributed by atoms with E-state index in [9.17, 15) is 4.79 Å². The highest BCUT2D eigenvalue weighted by molar-refractivity contribution is 9.10. The molecule has 0 unspecified atom stereocenters. The van der Waals surface area contributed by atoms with Gasteiger partial charge >= 0.3 is 5.97 Å². The van der Waals surface area contributed by atoms with E-state index in [1.54, 1.807) is 4.57 Å². The Hall–Kier alpha value is -0.450. The lowest BCUT2D eigenvalue weighted by Gasteiger charge is -2.01. The Morgan fingerprint density at radius 1 is 1.71 bits per heavy atom. The number of aromatic carboxylic acids is 1. The van der Waals surface area contributed by atoms with Gasteiger partial charge in [-0.05, 0) is 22.0 Å². The second-order valence-electron chi connectivity index (χ2n) is 2.54. The van der Waals surface area contributed by atoms with E-state index in [2.05, 4.69) is 15.9 Å². The molecule has 0 saturated heterocycles. The second-order valence-corrected chi connectivity index (χ2v) is 4.06. The summed E-state index contributed by atoms with van der Waals surface area (Å²) in [6.07, 6.45) is 1.48. The minimum Gasteiger partial charge on any atom is -0.478 e. The average Bonchev–Trinajstić information content (AvgIpc) is 2.48. The Kier molecular flexibility index (Phi) is 4.04. The van der Waals surface area contributed by atoms with Crippen molar-refractivity contribution in [3.05, 3.63) is 33.0 Å². The van der Waals surface area contributed by atoms with Crippen LogP contribution in [0.3, 0.4) is 0 Å². The molecule has 0 fully saturated rings. The van der Waals surface area contributed by atoms with Gasteiger partial charge in [0.25, 0.3) is 0 Å². The van der Waals surface area contributed by atoms with Crippen molar-refractivity contribution in [2.75, 3.05) is 0 Å². The van der Waals surface area contributed by atoms with Gasteiger partial charge in [0.15, 0.2) is 0 Å². The topological polar surface area (TPSA) is 42.2 Å².